The minimum Gasteiger partial charge on any atom is -0.338 e. The molecule has 0 fully saturated rings. The first-order valence-corrected chi connectivity index (χ1v) is 7.45. The molecule has 3 N–H and O–H groups in total. The van der Waals surface area contributed by atoms with E-state index in [1.807, 2.05) is 0 Å². The summed E-state index contributed by atoms with van der Waals surface area (Å²) in [5, 5.41) is 2.91. The highest BCUT2D eigenvalue weighted by atomic mass is 35.5. The summed E-state index contributed by atoms with van der Waals surface area (Å²) < 4.78 is 38.9. The number of benzene rings is 2. The van der Waals surface area contributed by atoms with Gasteiger partial charge in [0.05, 0.1) is 22.0 Å². The third kappa shape index (κ3) is 3.05. The molecular weight excluding hydrogens is 343 g/mol. The van der Waals surface area contributed by atoms with Crippen LogP contribution in [0.3, 0.4) is 0 Å². The van der Waals surface area contributed by atoms with Crippen LogP contribution in [0.5, 0.6) is 0 Å². The van der Waals surface area contributed by atoms with Gasteiger partial charge < -0.3 is 16.0 Å². The SMILES string of the molecule is NC1CN(c2cccc(C(F)(F)F)c2)c2cccc(Cl)c2NC1=O. The molecule has 1 atom stereocenters. The molecule has 0 saturated carbocycles. The lowest BCUT2D eigenvalue weighted by Crippen LogP contribution is -2.41. The van der Waals surface area contributed by atoms with Crippen molar-refractivity contribution in [1.82, 2.24) is 0 Å². The number of hydrogen-bond donors (Lipinski definition) is 2. The van der Waals surface area contributed by atoms with Crippen LogP contribution in [0.4, 0.5) is 30.2 Å². The van der Waals surface area contributed by atoms with Crippen LogP contribution < -0.4 is 16.0 Å². The maximum absolute atomic E-state index is 13.0. The number of para-hydroxylation sites is 1. The largest absolute Gasteiger partial charge is 0.416 e. The molecule has 8 heteroatoms. The van der Waals surface area contributed by atoms with Crippen molar-refractivity contribution in [2.24, 2.45) is 5.73 Å². The molecule has 1 amide bonds. The molecule has 1 aliphatic heterocycles. The fourth-order valence-electron chi connectivity index (χ4n) is 2.55. The number of nitrogens with one attached hydrogen (secondary N) is 1. The molecule has 0 radical (unpaired) electrons. The zero-order valence-corrected chi connectivity index (χ0v) is 13.0. The number of fused-ring (bicyclic) bond motifs is 1. The van der Waals surface area contributed by atoms with Crippen molar-refractivity contribution in [2.45, 2.75) is 12.2 Å². The molecule has 2 aromatic carbocycles. The Morgan fingerprint density at radius 1 is 1.21 bits per heavy atom. The van der Waals surface area contributed by atoms with Crippen LogP contribution in [0, 0.1) is 0 Å². The molecule has 24 heavy (non-hydrogen) atoms. The van der Waals surface area contributed by atoms with Crippen LogP contribution in [0.2, 0.25) is 5.02 Å². The standard InChI is InChI=1S/C16H13ClF3N3O/c17-11-5-2-6-13-14(11)22-15(24)12(21)8-23(13)10-4-1-3-9(7-10)16(18,19)20/h1-7,12H,8,21H2,(H,22,24). The second kappa shape index (κ2) is 5.99. The number of hydrogen-bond acceptors (Lipinski definition) is 3. The van der Waals surface area contributed by atoms with E-state index < -0.39 is 23.7 Å². The first-order valence-electron chi connectivity index (χ1n) is 7.07. The first-order chi connectivity index (χ1) is 11.3. The quantitative estimate of drug-likeness (QED) is 0.818. The number of rotatable bonds is 1. The van der Waals surface area contributed by atoms with Crippen molar-refractivity contribution >= 4 is 34.6 Å². The van der Waals surface area contributed by atoms with Gasteiger partial charge in [-0.05, 0) is 30.3 Å². The maximum atomic E-state index is 13.0. The Hall–Kier alpha value is -2.25. The summed E-state index contributed by atoms with van der Waals surface area (Å²) in [6, 6.07) is 8.85. The van der Waals surface area contributed by atoms with E-state index in [4.69, 9.17) is 17.3 Å². The minimum absolute atomic E-state index is 0.0283. The summed E-state index contributed by atoms with van der Waals surface area (Å²) in [6.07, 6.45) is -4.46. The molecule has 126 valence electrons. The number of carbonyl (C=O) groups is 1. The van der Waals surface area contributed by atoms with Crippen molar-refractivity contribution in [2.75, 3.05) is 16.8 Å². The van der Waals surface area contributed by atoms with E-state index in [1.54, 1.807) is 23.1 Å². The molecule has 2 aromatic rings. The van der Waals surface area contributed by atoms with Crippen molar-refractivity contribution < 1.29 is 18.0 Å². The van der Waals surface area contributed by atoms with Gasteiger partial charge in [0.2, 0.25) is 5.91 Å². The minimum atomic E-state index is -4.46. The average molecular weight is 356 g/mol. The number of anilines is 3. The third-order valence-corrected chi connectivity index (χ3v) is 4.05. The van der Waals surface area contributed by atoms with Crippen LogP contribution in [0.15, 0.2) is 42.5 Å². The van der Waals surface area contributed by atoms with Gasteiger partial charge in [0.25, 0.3) is 0 Å². The fraction of sp³-hybridized carbons (Fsp3) is 0.188. The van der Waals surface area contributed by atoms with Gasteiger partial charge in [-0.25, -0.2) is 0 Å². The zero-order chi connectivity index (χ0) is 17.5. The zero-order valence-electron chi connectivity index (χ0n) is 12.3. The van der Waals surface area contributed by atoms with Gasteiger partial charge in [-0.3, -0.25) is 4.79 Å². The number of amides is 1. The van der Waals surface area contributed by atoms with Crippen molar-refractivity contribution in [3.63, 3.8) is 0 Å². The number of halogens is 4. The molecule has 0 aliphatic carbocycles. The fourth-order valence-corrected chi connectivity index (χ4v) is 2.77. The number of nitrogens with zero attached hydrogens (tertiary/aromatic N) is 1. The van der Waals surface area contributed by atoms with Gasteiger partial charge >= 0.3 is 6.18 Å². The van der Waals surface area contributed by atoms with Crippen molar-refractivity contribution in [3.8, 4) is 0 Å². The highest BCUT2D eigenvalue weighted by molar-refractivity contribution is 6.34. The monoisotopic (exact) mass is 355 g/mol. The van der Waals surface area contributed by atoms with Crippen molar-refractivity contribution in [1.29, 1.82) is 0 Å². The molecule has 0 spiro atoms. The Kier molecular flexibility index (Phi) is 4.15. The Labute approximate surface area is 141 Å². The van der Waals surface area contributed by atoms with Crippen LogP contribution in [0.25, 0.3) is 0 Å². The summed E-state index contributed by atoms with van der Waals surface area (Å²) in [5.41, 5.74) is 6.16. The second-order valence-electron chi connectivity index (χ2n) is 5.39. The topological polar surface area (TPSA) is 58.4 Å². The highest BCUT2D eigenvalue weighted by Gasteiger charge is 2.32. The van der Waals surface area contributed by atoms with Crippen molar-refractivity contribution in [3.05, 3.63) is 53.1 Å². The Morgan fingerprint density at radius 2 is 1.92 bits per heavy atom. The van der Waals surface area contributed by atoms with Crippen LogP contribution >= 0.6 is 11.6 Å². The summed E-state index contributed by atoms with van der Waals surface area (Å²) in [7, 11) is 0. The van der Waals surface area contributed by atoms with Gasteiger partial charge in [0, 0.05) is 12.2 Å². The lowest BCUT2D eigenvalue weighted by Gasteiger charge is -2.26. The molecular formula is C16H13ClF3N3O. The predicted octanol–water partition coefficient (Wildman–Crippen LogP) is 3.78. The summed E-state index contributed by atoms with van der Waals surface area (Å²) in [4.78, 5) is 13.6. The van der Waals surface area contributed by atoms with E-state index in [0.29, 0.717) is 11.4 Å². The van der Waals surface area contributed by atoms with Gasteiger partial charge in [-0.1, -0.05) is 23.7 Å². The van der Waals surface area contributed by atoms with Gasteiger partial charge in [0.15, 0.2) is 0 Å². The van der Waals surface area contributed by atoms with Crippen LogP contribution in [0.1, 0.15) is 5.56 Å². The van der Waals surface area contributed by atoms with Gasteiger partial charge in [-0.15, -0.1) is 0 Å². The average Bonchev–Trinajstić information content (AvgIpc) is 2.65. The number of carbonyl (C=O) groups excluding carboxylic acids is 1. The highest BCUT2D eigenvalue weighted by Crippen LogP contribution is 2.40. The molecule has 1 heterocycles. The first kappa shape index (κ1) is 16.6. The molecule has 4 nitrogen and oxygen atoms in total. The second-order valence-corrected chi connectivity index (χ2v) is 5.80. The Bertz CT molecular complexity index is 794. The lowest BCUT2D eigenvalue weighted by molar-refractivity contribution is -0.137. The Morgan fingerprint density at radius 3 is 2.62 bits per heavy atom. The van der Waals surface area contributed by atoms with Crippen LogP contribution in [-0.2, 0) is 11.0 Å². The van der Waals surface area contributed by atoms with E-state index >= 15 is 0 Å². The smallest absolute Gasteiger partial charge is 0.338 e. The summed E-state index contributed by atoms with van der Waals surface area (Å²) in [6.45, 7) is 0.0283. The maximum Gasteiger partial charge on any atom is 0.416 e. The normalized spacial score (nSPS) is 18.0. The predicted molar refractivity (Wildman–Crippen MR) is 86.5 cm³/mol. The van der Waals surface area contributed by atoms with E-state index in [9.17, 15) is 18.0 Å². The molecule has 0 bridgehead atoms. The summed E-state index contributed by atoms with van der Waals surface area (Å²) >= 11 is 6.12. The Balaban J connectivity index is 2.14. The number of nitrogens with two attached hydrogens (primary N) is 1. The van der Waals surface area contributed by atoms with Crippen LogP contribution in [-0.4, -0.2) is 18.5 Å². The molecule has 0 saturated heterocycles. The van der Waals surface area contributed by atoms with E-state index in [0.717, 1.165) is 12.1 Å². The lowest BCUT2D eigenvalue weighted by atomic mass is 10.1. The van der Waals surface area contributed by atoms with Gasteiger partial charge in [-0.2, -0.15) is 13.2 Å². The molecule has 1 unspecified atom stereocenters. The number of alkyl halides is 3. The molecule has 1 aliphatic rings. The molecule has 0 aromatic heterocycles. The van der Waals surface area contributed by atoms with E-state index in [-0.39, 0.29) is 17.3 Å². The van der Waals surface area contributed by atoms with E-state index in [2.05, 4.69) is 5.32 Å². The molecule has 3 rings (SSSR count). The third-order valence-electron chi connectivity index (χ3n) is 3.73. The summed E-state index contributed by atoms with van der Waals surface area (Å²) in [5.74, 6) is -0.446. The van der Waals surface area contributed by atoms with E-state index in [1.165, 1.54) is 12.1 Å². The van der Waals surface area contributed by atoms with Gasteiger partial charge in [0.1, 0.15) is 6.04 Å².